The highest BCUT2D eigenvalue weighted by atomic mass is 16.5. The number of ether oxygens (including phenoxy) is 1. The van der Waals surface area contributed by atoms with Gasteiger partial charge in [0.05, 0.1) is 12.8 Å². The van der Waals surface area contributed by atoms with Crippen molar-refractivity contribution < 1.29 is 9.53 Å². The smallest absolute Gasteiger partial charge is 0.267 e. The highest BCUT2D eigenvalue weighted by Crippen LogP contribution is 2.37. The number of aromatic nitrogens is 2. The van der Waals surface area contributed by atoms with Crippen molar-refractivity contribution in [3.8, 4) is 28.1 Å². The molecule has 0 spiro atoms. The molecule has 1 heterocycles. The number of methoxy groups -OCH3 is 1. The van der Waals surface area contributed by atoms with Crippen LogP contribution in [-0.2, 0) is 11.2 Å². The minimum atomic E-state index is -0.777. The summed E-state index contributed by atoms with van der Waals surface area (Å²) in [6.45, 7) is 1.67. The number of benzene rings is 3. The quantitative estimate of drug-likeness (QED) is 0.433. The van der Waals surface area contributed by atoms with Gasteiger partial charge in [-0.05, 0) is 78.1 Å². The Balaban J connectivity index is 1.37. The van der Waals surface area contributed by atoms with Crippen molar-refractivity contribution in [1.82, 2.24) is 9.78 Å². The summed E-state index contributed by atoms with van der Waals surface area (Å²) in [6, 6.07) is 24.0. The molecular weight excluding hydrogens is 414 g/mol. The summed E-state index contributed by atoms with van der Waals surface area (Å²) in [5.74, 6) is 0.434. The molecule has 164 valence electrons. The predicted octanol–water partition coefficient (Wildman–Crippen LogP) is 4.69. The Hall–Kier alpha value is -4.19. The van der Waals surface area contributed by atoms with Crippen molar-refractivity contribution in [2.45, 2.75) is 19.4 Å². The van der Waals surface area contributed by atoms with Crippen LogP contribution in [0.4, 0.5) is 5.69 Å². The monoisotopic (exact) mass is 437 g/mol. The molecule has 1 aliphatic rings. The Morgan fingerprint density at radius 2 is 1.73 bits per heavy atom. The lowest BCUT2D eigenvalue weighted by atomic mass is 10.1. The van der Waals surface area contributed by atoms with Crippen LogP contribution in [0.3, 0.4) is 0 Å². The summed E-state index contributed by atoms with van der Waals surface area (Å²) in [5.41, 5.74) is 6.71. The first kappa shape index (κ1) is 20.7. The van der Waals surface area contributed by atoms with Crippen LogP contribution in [-0.4, -0.2) is 22.8 Å². The molecule has 0 saturated carbocycles. The maximum atomic E-state index is 13.0. The lowest BCUT2D eigenvalue weighted by Gasteiger charge is -2.15. The minimum absolute atomic E-state index is 0.299. The molecule has 5 rings (SSSR count). The van der Waals surface area contributed by atoms with Crippen LogP contribution in [0.15, 0.2) is 83.7 Å². The Morgan fingerprint density at radius 1 is 0.970 bits per heavy atom. The number of hydrogen-bond acceptors (Lipinski definition) is 4. The minimum Gasteiger partial charge on any atom is -0.497 e. The summed E-state index contributed by atoms with van der Waals surface area (Å²) >= 11 is 0. The maximum absolute atomic E-state index is 13.0. The van der Waals surface area contributed by atoms with E-state index in [-0.39, 0.29) is 11.5 Å². The molecule has 1 atom stereocenters. The van der Waals surface area contributed by atoms with Crippen LogP contribution in [0.5, 0.6) is 5.75 Å². The van der Waals surface area contributed by atoms with Crippen LogP contribution in [0, 0.1) is 0 Å². The lowest BCUT2D eigenvalue weighted by Crippen LogP contribution is -2.33. The number of fused-ring (bicyclic) bond motifs is 3. The fraction of sp³-hybridized carbons (Fsp3) is 0.148. The van der Waals surface area contributed by atoms with Crippen molar-refractivity contribution in [2.24, 2.45) is 0 Å². The van der Waals surface area contributed by atoms with Crippen molar-refractivity contribution in [1.29, 1.82) is 0 Å². The number of anilines is 1. The third-order valence-corrected chi connectivity index (χ3v) is 6.02. The molecule has 4 aromatic rings. The average molecular weight is 437 g/mol. The standard InChI is InChI=1S/C27H23N3O3/c1-17(30-26(31)14-13-25(29-30)18-7-10-22(33-2)11-8-18)27(32)28-21-9-12-24-20(16-21)15-19-5-3-4-6-23(19)24/h3-14,16-17H,15H2,1-2H3,(H,28,32). The van der Waals surface area contributed by atoms with E-state index in [1.54, 1.807) is 20.1 Å². The first-order chi connectivity index (χ1) is 16.0. The highest BCUT2D eigenvalue weighted by Gasteiger charge is 2.21. The normalized spacial score (nSPS) is 12.5. The zero-order chi connectivity index (χ0) is 22.9. The molecule has 3 aromatic carbocycles. The summed E-state index contributed by atoms with van der Waals surface area (Å²) in [4.78, 5) is 25.5. The van der Waals surface area contributed by atoms with Gasteiger partial charge >= 0.3 is 0 Å². The zero-order valence-corrected chi connectivity index (χ0v) is 18.4. The van der Waals surface area contributed by atoms with E-state index in [1.807, 2.05) is 54.6 Å². The molecule has 0 fully saturated rings. The van der Waals surface area contributed by atoms with E-state index >= 15 is 0 Å². The van der Waals surface area contributed by atoms with Crippen LogP contribution in [0.1, 0.15) is 24.1 Å². The van der Waals surface area contributed by atoms with Crippen molar-refractivity contribution in [3.63, 3.8) is 0 Å². The fourth-order valence-electron chi connectivity index (χ4n) is 4.20. The van der Waals surface area contributed by atoms with Gasteiger partial charge in [-0.3, -0.25) is 9.59 Å². The second kappa shape index (κ2) is 8.39. The Kier molecular flexibility index (Phi) is 5.26. The molecule has 0 saturated heterocycles. The number of carbonyl (C=O) groups is 1. The van der Waals surface area contributed by atoms with Gasteiger partial charge in [0.25, 0.3) is 5.56 Å². The van der Waals surface area contributed by atoms with Gasteiger partial charge < -0.3 is 10.1 Å². The third-order valence-electron chi connectivity index (χ3n) is 6.02. The highest BCUT2D eigenvalue weighted by molar-refractivity contribution is 5.94. The van der Waals surface area contributed by atoms with Gasteiger partial charge in [-0.25, -0.2) is 4.68 Å². The summed E-state index contributed by atoms with van der Waals surface area (Å²) in [6.07, 6.45) is 0.843. The van der Waals surface area contributed by atoms with E-state index in [0.717, 1.165) is 17.7 Å². The van der Waals surface area contributed by atoms with Crippen molar-refractivity contribution in [3.05, 3.63) is 100 Å². The number of nitrogens with one attached hydrogen (secondary N) is 1. The molecule has 1 amide bonds. The predicted molar refractivity (Wildman–Crippen MR) is 129 cm³/mol. The number of carbonyl (C=O) groups excluding carboxylic acids is 1. The number of rotatable bonds is 5. The van der Waals surface area contributed by atoms with Crippen LogP contribution >= 0.6 is 0 Å². The van der Waals surface area contributed by atoms with Gasteiger partial charge in [-0.15, -0.1) is 0 Å². The Morgan fingerprint density at radius 3 is 2.52 bits per heavy atom. The van der Waals surface area contributed by atoms with Gasteiger partial charge in [-0.2, -0.15) is 5.10 Å². The SMILES string of the molecule is COc1ccc(-c2ccc(=O)n(C(C)C(=O)Nc3ccc4c(c3)Cc3ccccc3-4)n2)cc1. The van der Waals surface area contributed by atoms with Gasteiger partial charge in [0.15, 0.2) is 0 Å². The number of nitrogens with zero attached hydrogens (tertiary/aromatic N) is 2. The topological polar surface area (TPSA) is 73.2 Å². The largest absolute Gasteiger partial charge is 0.497 e. The molecule has 0 aliphatic heterocycles. The maximum Gasteiger partial charge on any atom is 0.267 e. The van der Waals surface area contributed by atoms with E-state index in [2.05, 4.69) is 22.5 Å². The average Bonchev–Trinajstić information content (AvgIpc) is 3.21. The van der Waals surface area contributed by atoms with Crippen molar-refractivity contribution in [2.75, 3.05) is 12.4 Å². The molecule has 1 aliphatic carbocycles. The first-order valence-electron chi connectivity index (χ1n) is 10.8. The van der Waals surface area contributed by atoms with Crippen LogP contribution in [0.2, 0.25) is 0 Å². The second-order valence-electron chi connectivity index (χ2n) is 8.10. The van der Waals surface area contributed by atoms with E-state index < -0.39 is 6.04 Å². The molecule has 6 heteroatoms. The number of hydrogen-bond donors (Lipinski definition) is 1. The molecule has 1 N–H and O–H groups in total. The summed E-state index contributed by atoms with van der Waals surface area (Å²) < 4.78 is 6.41. The lowest BCUT2D eigenvalue weighted by molar-refractivity contribution is -0.119. The molecule has 0 bridgehead atoms. The molecule has 6 nitrogen and oxygen atoms in total. The summed E-state index contributed by atoms with van der Waals surface area (Å²) in [5, 5.41) is 7.39. The Bertz CT molecular complexity index is 1410. The van der Waals surface area contributed by atoms with Gasteiger partial charge in [-0.1, -0.05) is 30.3 Å². The summed E-state index contributed by atoms with van der Waals surface area (Å²) in [7, 11) is 1.60. The third kappa shape index (κ3) is 3.91. The second-order valence-corrected chi connectivity index (χ2v) is 8.10. The Labute approximate surface area is 191 Å². The molecule has 1 aromatic heterocycles. The van der Waals surface area contributed by atoms with E-state index in [4.69, 9.17) is 4.74 Å². The van der Waals surface area contributed by atoms with Crippen molar-refractivity contribution >= 4 is 11.6 Å². The fourth-order valence-corrected chi connectivity index (χ4v) is 4.20. The van der Waals surface area contributed by atoms with Gasteiger partial charge in [0.2, 0.25) is 5.91 Å². The van der Waals surface area contributed by atoms with Gasteiger partial charge in [0.1, 0.15) is 11.8 Å². The van der Waals surface area contributed by atoms with Crippen LogP contribution in [0.25, 0.3) is 22.4 Å². The first-order valence-corrected chi connectivity index (χ1v) is 10.8. The molecular formula is C27H23N3O3. The van der Waals surface area contributed by atoms with Gasteiger partial charge in [0, 0.05) is 17.3 Å². The molecule has 1 unspecified atom stereocenters. The van der Waals surface area contributed by atoms with Crippen LogP contribution < -0.4 is 15.6 Å². The molecule has 33 heavy (non-hydrogen) atoms. The van der Waals surface area contributed by atoms with E-state index in [9.17, 15) is 9.59 Å². The van der Waals surface area contributed by atoms with E-state index in [0.29, 0.717) is 11.4 Å². The zero-order valence-electron chi connectivity index (χ0n) is 18.4. The van der Waals surface area contributed by atoms with E-state index in [1.165, 1.54) is 33.0 Å². The molecule has 0 radical (unpaired) electrons. The number of amides is 1.